The zero-order valence-electron chi connectivity index (χ0n) is 14.9. The molecule has 0 bridgehead atoms. The Kier molecular flexibility index (Phi) is 5.43. The Morgan fingerprint density at radius 2 is 1.72 bits per heavy atom. The van der Waals surface area contributed by atoms with Crippen LogP contribution in [0.1, 0.15) is 11.1 Å². The minimum Gasteiger partial charge on any atom is -0.497 e. The average molecular weight is 339 g/mol. The van der Waals surface area contributed by atoms with Gasteiger partial charge >= 0.3 is 6.03 Å². The Morgan fingerprint density at radius 3 is 2.36 bits per heavy atom. The molecular weight excluding hydrogens is 314 g/mol. The van der Waals surface area contributed by atoms with E-state index < -0.39 is 0 Å². The second-order valence-corrected chi connectivity index (χ2v) is 6.26. The second kappa shape index (κ2) is 7.92. The summed E-state index contributed by atoms with van der Waals surface area (Å²) in [4.78, 5) is 16.6. The molecule has 1 N–H and O–H groups in total. The lowest BCUT2D eigenvalue weighted by Gasteiger charge is -2.36. The number of aryl methyl sites for hydroxylation is 1. The Hall–Kier alpha value is -2.69. The molecule has 5 heteroatoms. The van der Waals surface area contributed by atoms with Gasteiger partial charge in [-0.2, -0.15) is 0 Å². The molecule has 0 atom stereocenters. The number of carbonyl (C=O) groups is 1. The molecule has 1 aliphatic rings. The smallest absolute Gasteiger partial charge is 0.317 e. The SMILES string of the molecule is COc1ccc(N2CCN(C(=O)NCc3ccccc3C)CC2)cc1. The summed E-state index contributed by atoms with van der Waals surface area (Å²) >= 11 is 0. The van der Waals surface area contributed by atoms with Crippen LogP contribution >= 0.6 is 0 Å². The van der Waals surface area contributed by atoms with Crippen LogP contribution in [-0.2, 0) is 6.54 Å². The van der Waals surface area contributed by atoms with Gasteiger partial charge in [-0.05, 0) is 42.3 Å². The van der Waals surface area contributed by atoms with Crippen molar-refractivity contribution in [2.45, 2.75) is 13.5 Å². The Morgan fingerprint density at radius 1 is 1.04 bits per heavy atom. The molecule has 1 saturated heterocycles. The molecular formula is C20H25N3O2. The Labute approximate surface area is 149 Å². The first-order chi connectivity index (χ1) is 12.2. The first-order valence-corrected chi connectivity index (χ1v) is 8.63. The molecule has 3 rings (SSSR count). The van der Waals surface area contributed by atoms with Crippen molar-refractivity contribution >= 4 is 11.7 Å². The van der Waals surface area contributed by atoms with E-state index in [-0.39, 0.29) is 6.03 Å². The number of anilines is 1. The lowest BCUT2D eigenvalue weighted by molar-refractivity contribution is 0.194. The molecule has 1 heterocycles. The molecule has 0 unspecified atom stereocenters. The van der Waals surface area contributed by atoms with Crippen LogP contribution in [0, 0.1) is 6.92 Å². The van der Waals surface area contributed by atoms with E-state index in [1.165, 1.54) is 11.3 Å². The number of carbonyl (C=O) groups excluding carboxylic acids is 1. The highest BCUT2D eigenvalue weighted by molar-refractivity contribution is 5.74. The molecule has 2 aromatic rings. The normalized spacial score (nSPS) is 14.3. The van der Waals surface area contributed by atoms with Crippen LogP contribution in [0.3, 0.4) is 0 Å². The Bertz CT molecular complexity index is 707. The number of amides is 2. The van der Waals surface area contributed by atoms with Crippen molar-refractivity contribution < 1.29 is 9.53 Å². The van der Waals surface area contributed by atoms with Gasteiger partial charge in [0, 0.05) is 38.4 Å². The van der Waals surface area contributed by atoms with Gasteiger partial charge in [0.2, 0.25) is 0 Å². The van der Waals surface area contributed by atoms with Crippen LogP contribution in [0.25, 0.3) is 0 Å². The van der Waals surface area contributed by atoms with Crippen LogP contribution < -0.4 is 15.0 Å². The lowest BCUT2D eigenvalue weighted by Crippen LogP contribution is -2.51. The number of nitrogens with zero attached hydrogens (tertiary/aromatic N) is 2. The lowest BCUT2D eigenvalue weighted by atomic mass is 10.1. The summed E-state index contributed by atoms with van der Waals surface area (Å²) in [5.41, 5.74) is 3.53. The molecule has 25 heavy (non-hydrogen) atoms. The van der Waals surface area contributed by atoms with E-state index in [0.717, 1.165) is 37.5 Å². The van der Waals surface area contributed by atoms with Crippen LogP contribution in [0.4, 0.5) is 10.5 Å². The van der Waals surface area contributed by atoms with E-state index in [1.54, 1.807) is 7.11 Å². The van der Waals surface area contributed by atoms with Crippen molar-refractivity contribution in [3.63, 3.8) is 0 Å². The minimum atomic E-state index is 0.0117. The predicted molar refractivity (Wildman–Crippen MR) is 100 cm³/mol. The maximum atomic E-state index is 12.4. The molecule has 1 fully saturated rings. The first-order valence-electron chi connectivity index (χ1n) is 8.63. The van der Waals surface area contributed by atoms with E-state index in [9.17, 15) is 4.79 Å². The van der Waals surface area contributed by atoms with Crippen molar-refractivity contribution in [1.29, 1.82) is 0 Å². The molecule has 0 aliphatic carbocycles. The fourth-order valence-electron chi connectivity index (χ4n) is 3.05. The third-order valence-electron chi connectivity index (χ3n) is 4.70. The fourth-order valence-corrected chi connectivity index (χ4v) is 3.05. The summed E-state index contributed by atoms with van der Waals surface area (Å²) in [7, 11) is 1.67. The van der Waals surface area contributed by atoms with E-state index >= 15 is 0 Å². The van der Waals surface area contributed by atoms with Gasteiger partial charge in [0.15, 0.2) is 0 Å². The van der Waals surface area contributed by atoms with Crippen molar-refractivity contribution in [2.75, 3.05) is 38.2 Å². The summed E-state index contributed by atoms with van der Waals surface area (Å²) in [6, 6.07) is 16.2. The van der Waals surface area contributed by atoms with Crippen molar-refractivity contribution in [3.05, 3.63) is 59.7 Å². The molecule has 0 aromatic heterocycles. The summed E-state index contributed by atoms with van der Waals surface area (Å²) in [6.07, 6.45) is 0. The number of ether oxygens (including phenoxy) is 1. The number of benzene rings is 2. The molecule has 132 valence electrons. The average Bonchev–Trinajstić information content (AvgIpc) is 2.67. The molecule has 0 radical (unpaired) electrons. The first kappa shape index (κ1) is 17.1. The Balaban J connectivity index is 1.49. The van der Waals surface area contributed by atoms with Crippen molar-refractivity contribution in [3.8, 4) is 5.75 Å². The maximum absolute atomic E-state index is 12.4. The number of hydrogen-bond donors (Lipinski definition) is 1. The van der Waals surface area contributed by atoms with Crippen LogP contribution in [-0.4, -0.2) is 44.2 Å². The zero-order chi connectivity index (χ0) is 17.6. The molecule has 0 saturated carbocycles. The maximum Gasteiger partial charge on any atom is 0.317 e. The monoisotopic (exact) mass is 339 g/mol. The molecule has 2 aromatic carbocycles. The number of nitrogens with one attached hydrogen (secondary N) is 1. The molecule has 1 aliphatic heterocycles. The minimum absolute atomic E-state index is 0.0117. The number of rotatable bonds is 4. The van der Waals surface area contributed by atoms with Gasteiger partial charge in [0.05, 0.1) is 7.11 Å². The largest absolute Gasteiger partial charge is 0.497 e. The van der Waals surface area contributed by atoms with Gasteiger partial charge in [-0.15, -0.1) is 0 Å². The van der Waals surface area contributed by atoms with Gasteiger partial charge < -0.3 is 19.9 Å². The summed E-state index contributed by atoms with van der Waals surface area (Å²) < 4.78 is 5.20. The highest BCUT2D eigenvalue weighted by Gasteiger charge is 2.21. The number of urea groups is 1. The fraction of sp³-hybridized carbons (Fsp3) is 0.350. The van der Waals surface area contributed by atoms with E-state index in [1.807, 2.05) is 29.2 Å². The molecule has 5 nitrogen and oxygen atoms in total. The molecule has 0 spiro atoms. The number of piperazine rings is 1. The summed E-state index contributed by atoms with van der Waals surface area (Å²) in [5, 5.41) is 3.03. The highest BCUT2D eigenvalue weighted by atomic mass is 16.5. The van der Waals surface area contributed by atoms with E-state index in [2.05, 4.69) is 41.4 Å². The predicted octanol–water partition coefficient (Wildman–Crippen LogP) is 3.04. The zero-order valence-corrected chi connectivity index (χ0v) is 14.9. The van der Waals surface area contributed by atoms with Crippen molar-refractivity contribution in [1.82, 2.24) is 10.2 Å². The summed E-state index contributed by atoms with van der Waals surface area (Å²) in [5.74, 6) is 0.859. The van der Waals surface area contributed by atoms with Crippen LogP contribution in [0.15, 0.2) is 48.5 Å². The topological polar surface area (TPSA) is 44.8 Å². The standard InChI is InChI=1S/C20H25N3O2/c1-16-5-3-4-6-17(16)15-21-20(24)23-13-11-22(12-14-23)18-7-9-19(25-2)10-8-18/h3-10H,11-15H2,1-2H3,(H,21,24). The summed E-state index contributed by atoms with van der Waals surface area (Å²) in [6.45, 7) is 5.77. The van der Waals surface area contributed by atoms with Gasteiger partial charge in [-0.1, -0.05) is 24.3 Å². The number of hydrogen-bond acceptors (Lipinski definition) is 3. The van der Waals surface area contributed by atoms with E-state index in [0.29, 0.717) is 6.54 Å². The third-order valence-corrected chi connectivity index (χ3v) is 4.70. The van der Waals surface area contributed by atoms with Gasteiger partial charge in [-0.3, -0.25) is 0 Å². The van der Waals surface area contributed by atoms with Crippen LogP contribution in [0.2, 0.25) is 0 Å². The number of methoxy groups -OCH3 is 1. The van der Waals surface area contributed by atoms with Gasteiger partial charge in [0.25, 0.3) is 0 Å². The quantitative estimate of drug-likeness (QED) is 0.931. The second-order valence-electron chi connectivity index (χ2n) is 6.26. The van der Waals surface area contributed by atoms with Crippen molar-refractivity contribution in [2.24, 2.45) is 0 Å². The highest BCUT2D eigenvalue weighted by Crippen LogP contribution is 2.20. The van der Waals surface area contributed by atoms with Crippen LogP contribution in [0.5, 0.6) is 5.75 Å². The third kappa shape index (κ3) is 4.24. The van der Waals surface area contributed by atoms with Gasteiger partial charge in [-0.25, -0.2) is 4.79 Å². The molecule has 2 amide bonds. The van der Waals surface area contributed by atoms with E-state index in [4.69, 9.17) is 4.74 Å². The van der Waals surface area contributed by atoms with Gasteiger partial charge in [0.1, 0.15) is 5.75 Å².